The van der Waals surface area contributed by atoms with E-state index >= 15 is 0 Å². The monoisotopic (exact) mass is 382 g/mol. The lowest BCUT2D eigenvalue weighted by Gasteiger charge is -2.34. The van der Waals surface area contributed by atoms with Crippen LogP contribution in [-0.2, 0) is 16.1 Å². The molecule has 0 spiro atoms. The van der Waals surface area contributed by atoms with E-state index < -0.39 is 0 Å². The lowest BCUT2D eigenvalue weighted by molar-refractivity contribution is 0.0167. The highest BCUT2D eigenvalue weighted by Gasteiger charge is 2.24. The Morgan fingerprint density at radius 1 is 1.25 bits per heavy atom. The van der Waals surface area contributed by atoms with Crippen molar-refractivity contribution in [3.63, 3.8) is 0 Å². The molecule has 4 rings (SSSR count). The van der Waals surface area contributed by atoms with Crippen LogP contribution in [0.5, 0.6) is 0 Å². The molecule has 0 radical (unpaired) electrons. The Balaban J connectivity index is 1.40. The molecule has 0 saturated carbocycles. The summed E-state index contributed by atoms with van der Waals surface area (Å²) in [4.78, 5) is 30.6. The minimum absolute atomic E-state index is 0.0124. The topological polar surface area (TPSA) is 92.8 Å². The van der Waals surface area contributed by atoms with Gasteiger partial charge < -0.3 is 20.1 Å². The number of hydrogen-bond donors (Lipinski definition) is 2. The van der Waals surface area contributed by atoms with Crippen LogP contribution in [0.4, 0.5) is 10.5 Å². The summed E-state index contributed by atoms with van der Waals surface area (Å²) >= 11 is 0. The number of anilines is 1. The summed E-state index contributed by atoms with van der Waals surface area (Å²) in [5.41, 5.74) is 2.93. The number of nitrogens with zero attached hydrogens (tertiary/aromatic N) is 2. The number of morpholine rings is 1. The summed E-state index contributed by atoms with van der Waals surface area (Å²) < 4.78 is 10.4. The van der Waals surface area contributed by atoms with E-state index in [9.17, 15) is 9.59 Å². The van der Waals surface area contributed by atoms with Gasteiger partial charge in [-0.15, -0.1) is 0 Å². The Morgan fingerprint density at radius 2 is 2.11 bits per heavy atom. The van der Waals surface area contributed by atoms with E-state index in [0.29, 0.717) is 31.0 Å². The minimum atomic E-state index is -0.358. The molecule has 2 N–H and O–H groups in total. The number of aromatic nitrogens is 1. The van der Waals surface area contributed by atoms with Crippen molar-refractivity contribution in [3.8, 4) is 0 Å². The fourth-order valence-corrected chi connectivity index (χ4v) is 3.48. The molecule has 2 aliphatic rings. The molecular formula is C20H22N4O4. The van der Waals surface area contributed by atoms with Crippen LogP contribution in [0.15, 0.2) is 42.7 Å². The molecule has 0 unspecified atom stereocenters. The molecule has 146 valence electrons. The number of ether oxygens (including phenoxy) is 2. The van der Waals surface area contributed by atoms with Crippen LogP contribution in [0, 0.1) is 0 Å². The van der Waals surface area contributed by atoms with Gasteiger partial charge >= 0.3 is 12.0 Å². The van der Waals surface area contributed by atoms with Crippen LogP contribution < -0.4 is 10.6 Å². The Kier molecular flexibility index (Phi) is 5.50. The summed E-state index contributed by atoms with van der Waals surface area (Å²) in [6.07, 6.45) is 3.56. The van der Waals surface area contributed by atoms with Crippen LogP contribution in [0.3, 0.4) is 0 Å². The average Bonchev–Trinajstić information content (AvgIpc) is 3.10. The first-order valence-corrected chi connectivity index (χ1v) is 9.27. The fraction of sp³-hybridized carbons (Fsp3) is 0.350. The number of benzene rings is 1. The first kappa shape index (κ1) is 18.4. The second kappa shape index (κ2) is 8.37. The fourth-order valence-electron chi connectivity index (χ4n) is 3.48. The van der Waals surface area contributed by atoms with Gasteiger partial charge in [-0.25, -0.2) is 9.59 Å². The van der Waals surface area contributed by atoms with Gasteiger partial charge in [0.05, 0.1) is 24.8 Å². The van der Waals surface area contributed by atoms with Crippen molar-refractivity contribution in [2.45, 2.75) is 12.6 Å². The number of fused-ring (bicyclic) bond motifs is 1. The van der Waals surface area contributed by atoms with Gasteiger partial charge in [0.15, 0.2) is 0 Å². The summed E-state index contributed by atoms with van der Waals surface area (Å²) in [6, 6.07) is 8.80. The van der Waals surface area contributed by atoms with Crippen LogP contribution in [-0.4, -0.2) is 54.7 Å². The third kappa shape index (κ3) is 4.13. The molecule has 1 aromatic heterocycles. The van der Waals surface area contributed by atoms with E-state index in [-0.39, 0.29) is 24.6 Å². The number of esters is 1. The third-order valence-corrected chi connectivity index (χ3v) is 4.96. The van der Waals surface area contributed by atoms with Gasteiger partial charge in [-0.2, -0.15) is 0 Å². The first-order chi connectivity index (χ1) is 13.7. The highest BCUT2D eigenvalue weighted by molar-refractivity contribution is 5.96. The smallest absolute Gasteiger partial charge is 0.338 e. The van der Waals surface area contributed by atoms with Gasteiger partial charge in [-0.3, -0.25) is 9.88 Å². The number of nitrogens with one attached hydrogen (secondary N) is 2. The number of carbonyl (C=O) groups is 2. The second-order valence-corrected chi connectivity index (χ2v) is 6.73. The molecule has 8 nitrogen and oxygen atoms in total. The largest absolute Gasteiger partial charge is 0.457 e. The zero-order chi connectivity index (χ0) is 19.3. The number of pyridine rings is 1. The van der Waals surface area contributed by atoms with E-state index in [2.05, 4.69) is 20.5 Å². The minimum Gasteiger partial charge on any atom is -0.457 e. The van der Waals surface area contributed by atoms with Crippen molar-refractivity contribution in [1.82, 2.24) is 15.2 Å². The molecule has 1 atom stereocenters. The number of cyclic esters (lactones) is 1. The van der Waals surface area contributed by atoms with E-state index in [1.54, 1.807) is 24.4 Å². The molecule has 3 heterocycles. The van der Waals surface area contributed by atoms with Crippen LogP contribution in [0.25, 0.3) is 0 Å². The van der Waals surface area contributed by atoms with E-state index in [4.69, 9.17) is 9.47 Å². The Hall–Kier alpha value is -2.97. The standard InChI is InChI=1S/C20H22N4O4/c25-19-17-10-16(4-3-15(17)13-28-19)23-20(26)22-12-18(14-2-1-5-21-11-14)24-6-8-27-9-7-24/h1-5,10-11,18H,6-9,12-13H2,(H2,22,23,26)/t18-/m1/s1. The molecule has 1 aromatic carbocycles. The quantitative estimate of drug-likeness (QED) is 0.768. The number of urea groups is 1. The van der Waals surface area contributed by atoms with E-state index in [1.165, 1.54) is 0 Å². The summed E-state index contributed by atoms with van der Waals surface area (Å²) in [6.45, 7) is 3.67. The molecule has 2 aromatic rings. The maximum atomic E-state index is 12.4. The molecule has 8 heteroatoms. The highest BCUT2D eigenvalue weighted by atomic mass is 16.5. The maximum Gasteiger partial charge on any atom is 0.338 e. The van der Waals surface area contributed by atoms with Gasteiger partial charge in [0.2, 0.25) is 0 Å². The van der Waals surface area contributed by atoms with Gasteiger partial charge in [-0.1, -0.05) is 12.1 Å². The zero-order valence-corrected chi connectivity index (χ0v) is 15.4. The predicted molar refractivity (Wildman–Crippen MR) is 102 cm³/mol. The van der Waals surface area contributed by atoms with Crippen molar-refractivity contribution in [2.75, 3.05) is 38.2 Å². The highest BCUT2D eigenvalue weighted by Crippen LogP contribution is 2.24. The SMILES string of the molecule is O=C(NC[C@H](c1cccnc1)N1CCOCC1)Nc1ccc2c(c1)C(=O)OC2. The van der Waals surface area contributed by atoms with Crippen LogP contribution in [0.1, 0.15) is 27.5 Å². The van der Waals surface area contributed by atoms with Gasteiger partial charge in [0, 0.05) is 43.3 Å². The number of amides is 2. The summed E-state index contributed by atoms with van der Waals surface area (Å²) in [5, 5.41) is 5.71. The normalized spacial score (nSPS) is 17.5. The molecule has 2 aliphatic heterocycles. The van der Waals surface area contributed by atoms with Gasteiger partial charge in [0.1, 0.15) is 6.61 Å². The first-order valence-electron chi connectivity index (χ1n) is 9.27. The van der Waals surface area contributed by atoms with Crippen LogP contribution >= 0.6 is 0 Å². The number of carbonyl (C=O) groups excluding carboxylic acids is 2. The number of hydrogen-bond acceptors (Lipinski definition) is 6. The predicted octanol–water partition coefficient (Wildman–Crippen LogP) is 1.95. The molecule has 0 aliphatic carbocycles. The molecule has 1 saturated heterocycles. The summed E-state index contributed by atoms with van der Waals surface area (Å²) in [7, 11) is 0. The summed E-state index contributed by atoms with van der Waals surface area (Å²) in [5.74, 6) is -0.358. The maximum absolute atomic E-state index is 12.4. The number of rotatable bonds is 5. The van der Waals surface area contributed by atoms with Gasteiger partial charge in [0.25, 0.3) is 0 Å². The Bertz CT molecular complexity index is 853. The van der Waals surface area contributed by atoms with Crippen molar-refractivity contribution >= 4 is 17.7 Å². The van der Waals surface area contributed by atoms with E-state index in [0.717, 1.165) is 24.2 Å². The molecule has 0 bridgehead atoms. The Labute approximate surface area is 162 Å². The lowest BCUT2D eigenvalue weighted by atomic mass is 10.1. The van der Waals surface area contributed by atoms with Gasteiger partial charge in [-0.05, 0) is 23.8 Å². The molecular weight excluding hydrogens is 360 g/mol. The van der Waals surface area contributed by atoms with Crippen molar-refractivity contribution in [1.29, 1.82) is 0 Å². The molecule has 28 heavy (non-hydrogen) atoms. The van der Waals surface area contributed by atoms with Crippen LogP contribution in [0.2, 0.25) is 0 Å². The van der Waals surface area contributed by atoms with Crippen molar-refractivity contribution in [3.05, 3.63) is 59.4 Å². The molecule has 1 fully saturated rings. The molecule has 2 amide bonds. The lowest BCUT2D eigenvalue weighted by Crippen LogP contribution is -2.44. The average molecular weight is 382 g/mol. The van der Waals surface area contributed by atoms with Crippen molar-refractivity contribution in [2.24, 2.45) is 0 Å². The van der Waals surface area contributed by atoms with Crippen molar-refractivity contribution < 1.29 is 19.1 Å². The zero-order valence-electron chi connectivity index (χ0n) is 15.4. The Morgan fingerprint density at radius 3 is 2.89 bits per heavy atom. The van der Waals surface area contributed by atoms with E-state index in [1.807, 2.05) is 18.3 Å². The third-order valence-electron chi connectivity index (χ3n) is 4.96. The second-order valence-electron chi connectivity index (χ2n) is 6.73.